The van der Waals surface area contributed by atoms with Gasteiger partial charge in [0.1, 0.15) is 17.3 Å². The lowest BCUT2D eigenvalue weighted by Gasteiger charge is -2.15. The van der Waals surface area contributed by atoms with Crippen LogP contribution in [0.15, 0.2) is 42.6 Å². The highest BCUT2D eigenvalue weighted by atomic mass is 16.2. The Morgan fingerprint density at radius 2 is 2.11 bits per heavy atom. The molecule has 0 aliphatic carbocycles. The van der Waals surface area contributed by atoms with E-state index < -0.39 is 0 Å². The number of carbonyl (C=O) groups is 1. The van der Waals surface area contributed by atoms with Crippen LogP contribution in [0.4, 0.5) is 11.6 Å². The van der Waals surface area contributed by atoms with E-state index in [0.717, 1.165) is 6.54 Å². The number of hydrogen-bond acceptors (Lipinski definition) is 4. The van der Waals surface area contributed by atoms with E-state index in [1.54, 1.807) is 25.4 Å². The largest absolute Gasteiger partial charge is 0.370 e. The fourth-order valence-electron chi connectivity index (χ4n) is 1.66. The van der Waals surface area contributed by atoms with Crippen molar-refractivity contribution in [1.29, 1.82) is 0 Å². The lowest BCUT2D eigenvalue weighted by molar-refractivity contribution is 0.0987. The molecule has 0 radical (unpaired) electrons. The Morgan fingerprint density at radius 3 is 2.79 bits per heavy atom. The van der Waals surface area contributed by atoms with Crippen LogP contribution < -0.4 is 10.2 Å². The fraction of sp³-hybridized carbons (Fsp3) is 0.214. The Bertz CT molecular complexity index is 556. The fourth-order valence-corrected chi connectivity index (χ4v) is 1.66. The molecule has 0 saturated carbocycles. The van der Waals surface area contributed by atoms with Crippen LogP contribution in [0.3, 0.4) is 0 Å². The van der Waals surface area contributed by atoms with E-state index in [-0.39, 0.29) is 5.91 Å². The highest BCUT2D eigenvalue weighted by Gasteiger charge is 2.15. The number of hydrogen-bond donors (Lipinski definition) is 1. The Kier molecular flexibility index (Phi) is 4.07. The third-order valence-electron chi connectivity index (χ3n) is 2.62. The monoisotopic (exact) mass is 256 g/mol. The molecule has 0 bridgehead atoms. The van der Waals surface area contributed by atoms with Crippen molar-refractivity contribution in [3.8, 4) is 0 Å². The minimum absolute atomic E-state index is 0.182. The summed E-state index contributed by atoms with van der Waals surface area (Å²) in [7, 11) is 1.69. The molecular weight excluding hydrogens is 240 g/mol. The van der Waals surface area contributed by atoms with Crippen molar-refractivity contribution in [2.45, 2.75) is 6.92 Å². The Morgan fingerprint density at radius 1 is 1.26 bits per heavy atom. The molecule has 0 fully saturated rings. The lowest BCUT2D eigenvalue weighted by Crippen LogP contribution is -2.28. The van der Waals surface area contributed by atoms with Crippen LogP contribution in [0.2, 0.25) is 0 Å². The van der Waals surface area contributed by atoms with Gasteiger partial charge in [-0.05, 0) is 31.2 Å². The van der Waals surface area contributed by atoms with Gasteiger partial charge in [-0.1, -0.05) is 12.1 Å². The van der Waals surface area contributed by atoms with Crippen molar-refractivity contribution in [2.24, 2.45) is 0 Å². The molecule has 0 aromatic carbocycles. The summed E-state index contributed by atoms with van der Waals surface area (Å²) < 4.78 is 0. The van der Waals surface area contributed by atoms with Crippen molar-refractivity contribution in [2.75, 3.05) is 23.8 Å². The van der Waals surface area contributed by atoms with Gasteiger partial charge in [-0.15, -0.1) is 0 Å². The quantitative estimate of drug-likeness (QED) is 0.911. The van der Waals surface area contributed by atoms with Crippen LogP contribution in [-0.4, -0.2) is 29.5 Å². The first-order valence-electron chi connectivity index (χ1n) is 6.12. The van der Waals surface area contributed by atoms with Gasteiger partial charge in [-0.3, -0.25) is 9.69 Å². The van der Waals surface area contributed by atoms with Crippen molar-refractivity contribution in [3.63, 3.8) is 0 Å². The zero-order valence-corrected chi connectivity index (χ0v) is 11.0. The van der Waals surface area contributed by atoms with E-state index >= 15 is 0 Å². The van der Waals surface area contributed by atoms with Crippen LogP contribution in [0.1, 0.15) is 17.4 Å². The molecule has 0 saturated heterocycles. The molecule has 2 heterocycles. The van der Waals surface area contributed by atoms with Crippen molar-refractivity contribution in [1.82, 2.24) is 9.97 Å². The first kappa shape index (κ1) is 13.0. The normalized spacial score (nSPS) is 10.0. The van der Waals surface area contributed by atoms with Gasteiger partial charge >= 0.3 is 0 Å². The number of carbonyl (C=O) groups excluding carboxylic acids is 1. The van der Waals surface area contributed by atoms with Gasteiger partial charge in [0.15, 0.2) is 0 Å². The molecule has 0 aliphatic heterocycles. The number of amides is 1. The minimum atomic E-state index is -0.182. The molecule has 0 atom stereocenters. The second-order valence-corrected chi connectivity index (χ2v) is 3.99. The van der Waals surface area contributed by atoms with Gasteiger partial charge in [0.05, 0.1) is 0 Å². The van der Waals surface area contributed by atoms with E-state index in [2.05, 4.69) is 15.3 Å². The molecule has 98 valence electrons. The van der Waals surface area contributed by atoms with E-state index in [1.165, 1.54) is 4.90 Å². The second kappa shape index (κ2) is 5.95. The average Bonchev–Trinajstić information content (AvgIpc) is 2.47. The molecule has 5 nitrogen and oxygen atoms in total. The number of pyridine rings is 2. The Hall–Kier alpha value is -2.43. The number of aromatic nitrogens is 2. The van der Waals surface area contributed by atoms with Gasteiger partial charge in [0.2, 0.25) is 0 Å². The summed E-state index contributed by atoms with van der Waals surface area (Å²) in [5.74, 6) is 1.12. The van der Waals surface area contributed by atoms with Crippen LogP contribution >= 0.6 is 0 Å². The summed E-state index contributed by atoms with van der Waals surface area (Å²) >= 11 is 0. The summed E-state index contributed by atoms with van der Waals surface area (Å²) in [4.78, 5) is 22.2. The SMILES string of the molecule is CCNc1cccc(C(=O)N(C)c2ccccn2)n1. The van der Waals surface area contributed by atoms with Gasteiger partial charge in [-0.2, -0.15) is 0 Å². The van der Waals surface area contributed by atoms with Gasteiger partial charge < -0.3 is 5.32 Å². The summed E-state index contributed by atoms with van der Waals surface area (Å²) in [6, 6.07) is 10.8. The molecule has 0 aliphatic rings. The molecular formula is C14H16N4O. The smallest absolute Gasteiger partial charge is 0.277 e. The molecule has 2 aromatic rings. The van der Waals surface area contributed by atoms with Gasteiger partial charge in [0.25, 0.3) is 5.91 Å². The predicted molar refractivity (Wildman–Crippen MR) is 75.4 cm³/mol. The van der Waals surface area contributed by atoms with Crippen LogP contribution in [0, 0.1) is 0 Å². The van der Waals surface area contributed by atoms with Crippen molar-refractivity contribution in [3.05, 3.63) is 48.3 Å². The van der Waals surface area contributed by atoms with Crippen LogP contribution in [-0.2, 0) is 0 Å². The molecule has 0 unspecified atom stereocenters. The van der Waals surface area contributed by atoms with E-state index in [9.17, 15) is 4.79 Å². The van der Waals surface area contributed by atoms with Gasteiger partial charge in [-0.25, -0.2) is 9.97 Å². The van der Waals surface area contributed by atoms with E-state index in [0.29, 0.717) is 17.3 Å². The molecule has 1 N–H and O–H groups in total. The van der Waals surface area contributed by atoms with Crippen LogP contribution in [0.25, 0.3) is 0 Å². The third-order valence-corrected chi connectivity index (χ3v) is 2.62. The van der Waals surface area contributed by atoms with E-state index in [1.807, 2.05) is 31.2 Å². The highest BCUT2D eigenvalue weighted by molar-refractivity contribution is 6.04. The number of anilines is 2. The zero-order valence-electron chi connectivity index (χ0n) is 11.0. The van der Waals surface area contributed by atoms with Crippen LogP contribution in [0.5, 0.6) is 0 Å². The van der Waals surface area contributed by atoms with Crippen molar-refractivity contribution >= 4 is 17.5 Å². The van der Waals surface area contributed by atoms with Gasteiger partial charge in [0, 0.05) is 19.8 Å². The second-order valence-electron chi connectivity index (χ2n) is 3.99. The highest BCUT2D eigenvalue weighted by Crippen LogP contribution is 2.12. The summed E-state index contributed by atoms with van der Waals surface area (Å²) in [5.41, 5.74) is 0.395. The van der Waals surface area contributed by atoms with Crippen molar-refractivity contribution < 1.29 is 4.79 Å². The predicted octanol–water partition coefficient (Wildman–Crippen LogP) is 2.18. The number of nitrogens with one attached hydrogen (secondary N) is 1. The Labute approximate surface area is 112 Å². The maximum absolute atomic E-state index is 12.3. The molecule has 2 aromatic heterocycles. The third kappa shape index (κ3) is 3.07. The molecule has 19 heavy (non-hydrogen) atoms. The molecule has 1 amide bonds. The first-order valence-corrected chi connectivity index (χ1v) is 6.12. The summed E-state index contributed by atoms with van der Waals surface area (Å²) in [6.45, 7) is 2.75. The minimum Gasteiger partial charge on any atom is -0.370 e. The molecule has 5 heteroatoms. The summed E-state index contributed by atoms with van der Waals surface area (Å²) in [5, 5.41) is 3.08. The zero-order chi connectivity index (χ0) is 13.7. The topological polar surface area (TPSA) is 58.1 Å². The maximum Gasteiger partial charge on any atom is 0.277 e. The Balaban J connectivity index is 2.22. The molecule has 2 rings (SSSR count). The average molecular weight is 256 g/mol. The lowest BCUT2D eigenvalue weighted by atomic mass is 10.3. The summed E-state index contributed by atoms with van der Waals surface area (Å²) in [6.07, 6.45) is 1.65. The number of rotatable bonds is 4. The first-order chi connectivity index (χ1) is 9.22. The number of nitrogens with zero attached hydrogens (tertiary/aromatic N) is 3. The van der Waals surface area contributed by atoms with E-state index in [4.69, 9.17) is 0 Å². The maximum atomic E-state index is 12.3. The standard InChI is InChI=1S/C14H16N4O/c1-3-15-12-8-6-7-11(17-12)14(19)18(2)13-9-4-5-10-16-13/h4-10H,3H2,1-2H3,(H,15,17). The molecule has 0 spiro atoms.